The van der Waals surface area contributed by atoms with Gasteiger partial charge in [0.1, 0.15) is 17.2 Å². The summed E-state index contributed by atoms with van der Waals surface area (Å²) in [6, 6.07) is 18.5. The van der Waals surface area contributed by atoms with Gasteiger partial charge >= 0.3 is 24.8 Å². The summed E-state index contributed by atoms with van der Waals surface area (Å²) in [6.45, 7) is 8.69. The van der Waals surface area contributed by atoms with Gasteiger partial charge < -0.3 is 35.2 Å². The second-order valence-electron chi connectivity index (χ2n) is 13.4. The van der Waals surface area contributed by atoms with E-state index < -0.39 is 41.2 Å². The molecule has 0 saturated heterocycles. The minimum atomic E-state index is -1.17. The predicted octanol–water partition coefficient (Wildman–Crippen LogP) is 4.85. The van der Waals surface area contributed by atoms with Gasteiger partial charge in [0.25, 0.3) is 5.91 Å². The number of carbonyl (C=O) groups excluding carboxylic acids is 1. The molecule has 4 aromatic heterocycles. The van der Waals surface area contributed by atoms with Crippen molar-refractivity contribution >= 4 is 40.2 Å². The Morgan fingerprint density at radius 1 is 1.05 bits per heavy atom. The number of pyridine rings is 3. The van der Waals surface area contributed by atoms with E-state index in [4.69, 9.17) is 26.3 Å². The van der Waals surface area contributed by atoms with Crippen LogP contribution in [0.2, 0.25) is 5.02 Å². The first-order chi connectivity index (χ1) is 27.1. The fraction of sp³-hybridized carbons (Fsp3) is 0.220. The average molecular weight is 800 g/mol. The maximum atomic E-state index is 14.7. The summed E-state index contributed by atoms with van der Waals surface area (Å²) >= 11 is 6.51. The molecular formula is C41H35ClF2LiN8O5-. The molecule has 0 aliphatic carbocycles. The minimum absolute atomic E-state index is 0. The average Bonchev–Trinajstić information content (AvgIpc) is 3.19. The monoisotopic (exact) mass is 799 g/mol. The second-order valence-corrected chi connectivity index (χ2v) is 13.8. The number of aliphatic carboxylic acids is 1. The van der Waals surface area contributed by atoms with Crippen LogP contribution in [-0.4, -0.2) is 60.2 Å². The van der Waals surface area contributed by atoms with E-state index in [0.717, 1.165) is 0 Å². The van der Waals surface area contributed by atoms with Gasteiger partial charge in [0.15, 0.2) is 6.04 Å². The van der Waals surface area contributed by atoms with Crippen LogP contribution in [0.25, 0.3) is 22.3 Å². The normalized spacial score (nSPS) is 11.8. The first-order valence-corrected chi connectivity index (χ1v) is 17.6. The number of carbonyl (C=O) groups is 2. The standard InChI is InChI=1S/C22H14ClF2N6.C19H21N2O5.Li/c1-11(15-5-13(7-26)3-4-16(15)24)30-22-19(23)12(2)29-18-6-17(25)20(31-21(18)22)14-8-27-10-28-9-14;1-19(2,3)25-12-15(18(23)24)21-17(22)13-9-10-16(20-11-13)26-14-7-5-4-6-8-14;/h3-6,8-9,11H,1-2H3,(H,29,30);4-5,7-11,15H,12H2,1-3H3,(H,21,22)(H,23,24);/q2*-1;+1/t11-;15-;/m10./s1. The van der Waals surface area contributed by atoms with Crippen LogP contribution in [0.4, 0.5) is 14.5 Å². The number of fused-ring (bicyclic) bond motifs is 1. The number of carboxylic acids is 1. The third-order valence-electron chi connectivity index (χ3n) is 7.95. The maximum absolute atomic E-state index is 14.7. The van der Waals surface area contributed by atoms with Gasteiger partial charge in [-0.1, -0.05) is 29.6 Å². The molecule has 0 spiro atoms. The van der Waals surface area contributed by atoms with Gasteiger partial charge in [-0.3, -0.25) is 4.79 Å². The summed E-state index contributed by atoms with van der Waals surface area (Å²) in [7, 11) is 0. The van der Waals surface area contributed by atoms with E-state index in [0.29, 0.717) is 39.7 Å². The molecule has 0 saturated carbocycles. The number of carboxylic acid groups (broad SMARTS) is 1. The van der Waals surface area contributed by atoms with Crippen molar-refractivity contribution in [2.24, 2.45) is 0 Å². The summed E-state index contributed by atoms with van der Waals surface area (Å²) in [5.74, 6) is -1.90. The Kier molecular flexibility index (Phi) is 15.3. The summed E-state index contributed by atoms with van der Waals surface area (Å²) in [6.07, 6.45) is 6.50. The van der Waals surface area contributed by atoms with Crippen LogP contribution in [0.3, 0.4) is 0 Å². The predicted molar refractivity (Wildman–Crippen MR) is 206 cm³/mol. The van der Waals surface area contributed by atoms with E-state index in [9.17, 15) is 23.5 Å². The fourth-order valence-electron chi connectivity index (χ4n) is 5.11. The van der Waals surface area contributed by atoms with E-state index in [2.05, 4.69) is 47.9 Å². The molecule has 1 amide bonds. The van der Waals surface area contributed by atoms with Crippen molar-refractivity contribution in [1.82, 2.24) is 30.2 Å². The van der Waals surface area contributed by atoms with Gasteiger partial charge in [-0.05, 0) is 58.9 Å². The molecule has 2 aromatic carbocycles. The number of hydrogen-bond acceptors (Lipinski definition) is 11. The van der Waals surface area contributed by atoms with Crippen molar-refractivity contribution in [3.05, 3.63) is 131 Å². The molecule has 3 N–H and O–H groups in total. The van der Waals surface area contributed by atoms with Crippen molar-refractivity contribution in [2.75, 3.05) is 11.9 Å². The molecular weight excluding hydrogens is 765 g/mol. The molecule has 13 nitrogen and oxygen atoms in total. The maximum Gasteiger partial charge on any atom is 1.00 e. The first-order valence-electron chi connectivity index (χ1n) is 17.2. The summed E-state index contributed by atoms with van der Waals surface area (Å²) in [5, 5.41) is 24.2. The summed E-state index contributed by atoms with van der Waals surface area (Å²) in [5.41, 5.74) is 2.15. The SMILES string of the molecule is CC(C)(C)OC[C@H](NC(=O)c1ccc(Oc2c[c-]ccc2)nc1)C(=O)O.Cc1nc2cc(F)c(-c3cn[c-]nc3)nc2c(N[C@H](C)c2cc(C#N)ccc2F)c1Cl.[Li+]. The number of amides is 1. The molecule has 6 aromatic rings. The molecule has 0 unspecified atom stereocenters. The molecule has 2 atom stereocenters. The third-order valence-corrected chi connectivity index (χ3v) is 8.42. The zero-order valence-electron chi connectivity index (χ0n) is 32.3. The van der Waals surface area contributed by atoms with Crippen LogP contribution < -0.4 is 34.2 Å². The number of hydrogen-bond donors (Lipinski definition) is 3. The van der Waals surface area contributed by atoms with Crippen LogP contribution in [-0.2, 0) is 9.53 Å². The smallest absolute Gasteiger partial charge is 0.503 e. The van der Waals surface area contributed by atoms with E-state index in [1.807, 2.05) is 6.07 Å². The number of aromatic nitrogens is 5. The molecule has 17 heteroatoms. The Bertz CT molecular complexity index is 2420. The van der Waals surface area contributed by atoms with Crippen LogP contribution in [0.1, 0.15) is 60.9 Å². The number of halogens is 3. The van der Waals surface area contributed by atoms with Gasteiger partial charge in [-0.25, -0.2) is 28.5 Å². The quantitative estimate of drug-likeness (QED) is 0.120. The summed E-state index contributed by atoms with van der Waals surface area (Å²) in [4.78, 5) is 43.9. The fourth-order valence-corrected chi connectivity index (χ4v) is 5.29. The Morgan fingerprint density at radius 2 is 1.79 bits per heavy atom. The van der Waals surface area contributed by atoms with Crippen molar-refractivity contribution in [1.29, 1.82) is 5.26 Å². The number of anilines is 1. The van der Waals surface area contributed by atoms with Gasteiger partial charge in [0.05, 0.1) is 63.1 Å². The van der Waals surface area contributed by atoms with Gasteiger partial charge in [-0.15, -0.1) is 12.1 Å². The van der Waals surface area contributed by atoms with Crippen LogP contribution in [0.5, 0.6) is 11.6 Å². The molecule has 0 fully saturated rings. The van der Waals surface area contributed by atoms with E-state index in [-0.39, 0.29) is 52.8 Å². The van der Waals surface area contributed by atoms with Crippen LogP contribution >= 0.6 is 11.6 Å². The zero-order valence-corrected chi connectivity index (χ0v) is 33.0. The molecule has 6 rings (SSSR count). The molecule has 0 aliphatic rings. The van der Waals surface area contributed by atoms with Gasteiger partial charge in [0, 0.05) is 36.0 Å². The van der Waals surface area contributed by atoms with Crippen LogP contribution in [0, 0.1) is 42.3 Å². The Balaban J connectivity index is 0.000000257. The largest absolute Gasteiger partial charge is 1.00 e. The van der Waals surface area contributed by atoms with Crippen LogP contribution in [0.15, 0.2) is 79.3 Å². The molecule has 58 heavy (non-hydrogen) atoms. The Hall–Kier alpha value is -6.03. The number of nitrogens with one attached hydrogen (secondary N) is 2. The number of ether oxygens (including phenoxy) is 2. The topological polar surface area (TPSA) is 185 Å². The Morgan fingerprint density at radius 3 is 2.41 bits per heavy atom. The van der Waals surface area contributed by atoms with E-state index in [1.165, 1.54) is 55.0 Å². The number of rotatable bonds is 11. The molecule has 0 radical (unpaired) electrons. The van der Waals surface area contributed by atoms with Gasteiger partial charge in [-0.2, -0.15) is 23.5 Å². The third kappa shape index (κ3) is 11.8. The first kappa shape index (κ1) is 44.7. The number of nitriles is 1. The van der Waals surface area contributed by atoms with Gasteiger partial charge in [0.2, 0.25) is 5.88 Å². The number of benzene rings is 2. The number of nitrogens with zero attached hydrogens (tertiary/aromatic N) is 6. The second kappa shape index (κ2) is 19.9. The molecule has 4 heterocycles. The van der Waals surface area contributed by atoms with E-state index in [1.54, 1.807) is 58.9 Å². The number of aryl methyl sites for hydroxylation is 1. The Labute approximate surface area is 350 Å². The van der Waals surface area contributed by atoms with Crippen molar-refractivity contribution in [2.45, 2.75) is 52.3 Å². The van der Waals surface area contributed by atoms with E-state index >= 15 is 0 Å². The minimum Gasteiger partial charge on any atom is -0.503 e. The van der Waals surface area contributed by atoms with Crippen molar-refractivity contribution < 1.29 is 51.8 Å². The van der Waals surface area contributed by atoms with Crippen molar-refractivity contribution in [3.8, 4) is 29.0 Å². The summed E-state index contributed by atoms with van der Waals surface area (Å²) < 4.78 is 40.1. The molecule has 0 bridgehead atoms. The zero-order chi connectivity index (χ0) is 41.3. The van der Waals surface area contributed by atoms with Crippen molar-refractivity contribution in [3.63, 3.8) is 0 Å². The molecule has 292 valence electrons. The molecule has 0 aliphatic heterocycles.